The first-order valence-electron chi connectivity index (χ1n) is 9.05. The Hall–Kier alpha value is -2.69. The van der Waals surface area contributed by atoms with Crippen LogP contribution in [0.15, 0.2) is 54.6 Å². The van der Waals surface area contributed by atoms with Crippen molar-refractivity contribution in [3.63, 3.8) is 0 Å². The van der Waals surface area contributed by atoms with Crippen molar-refractivity contribution in [1.29, 1.82) is 0 Å². The van der Waals surface area contributed by atoms with E-state index in [0.717, 1.165) is 11.1 Å². The van der Waals surface area contributed by atoms with Crippen LogP contribution in [0.25, 0.3) is 0 Å². The van der Waals surface area contributed by atoms with Crippen molar-refractivity contribution < 1.29 is 14.0 Å². The van der Waals surface area contributed by atoms with Crippen molar-refractivity contribution in [3.05, 3.63) is 71.5 Å². The van der Waals surface area contributed by atoms with Crippen LogP contribution >= 0.6 is 0 Å². The highest BCUT2D eigenvalue weighted by molar-refractivity contribution is 5.88. The fraction of sp³-hybridized carbons (Fsp3) is 0.364. The molecule has 0 aliphatic rings. The first kappa shape index (κ1) is 20.6. The molecule has 5 heteroatoms. The van der Waals surface area contributed by atoms with Crippen LogP contribution in [0.5, 0.6) is 0 Å². The van der Waals surface area contributed by atoms with E-state index >= 15 is 0 Å². The van der Waals surface area contributed by atoms with Crippen molar-refractivity contribution in [1.82, 2.24) is 10.2 Å². The minimum atomic E-state index is -0.648. The highest BCUT2D eigenvalue weighted by Crippen LogP contribution is 2.14. The number of nitrogens with one attached hydrogen (secondary N) is 1. The number of nitrogens with zero attached hydrogens (tertiary/aromatic N) is 1. The maximum Gasteiger partial charge on any atom is 0.242 e. The Labute approximate surface area is 160 Å². The zero-order valence-electron chi connectivity index (χ0n) is 16.3. The van der Waals surface area contributed by atoms with Gasteiger partial charge in [0.1, 0.15) is 11.9 Å². The van der Waals surface area contributed by atoms with E-state index < -0.39 is 11.6 Å². The van der Waals surface area contributed by atoms with Crippen molar-refractivity contribution in [2.24, 2.45) is 0 Å². The van der Waals surface area contributed by atoms with Crippen molar-refractivity contribution in [3.8, 4) is 0 Å². The largest absolute Gasteiger partial charge is 0.350 e. The van der Waals surface area contributed by atoms with Gasteiger partial charge >= 0.3 is 0 Å². The number of carbonyl (C=O) groups is 2. The molecule has 1 atom stereocenters. The van der Waals surface area contributed by atoms with Crippen molar-refractivity contribution >= 4 is 11.8 Å². The van der Waals surface area contributed by atoms with Gasteiger partial charge in [-0.05, 0) is 51.0 Å². The average molecular weight is 370 g/mol. The maximum atomic E-state index is 13.2. The third-order valence-electron chi connectivity index (χ3n) is 4.13. The first-order valence-corrected chi connectivity index (χ1v) is 9.05. The van der Waals surface area contributed by atoms with Crippen LogP contribution in [0.3, 0.4) is 0 Å². The van der Waals surface area contributed by atoms with Gasteiger partial charge in [-0.3, -0.25) is 9.59 Å². The first-order chi connectivity index (χ1) is 12.7. The number of benzene rings is 2. The minimum Gasteiger partial charge on any atom is -0.350 e. The smallest absolute Gasteiger partial charge is 0.242 e. The van der Waals surface area contributed by atoms with Crippen LogP contribution < -0.4 is 5.32 Å². The average Bonchev–Trinajstić information content (AvgIpc) is 2.60. The summed E-state index contributed by atoms with van der Waals surface area (Å²) < 4.78 is 13.2. The van der Waals surface area contributed by atoms with E-state index in [1.165, 1.54) is 12.1 Å². The molecule has 0 spiro atoms. The Kier molecular flexibility index (Phi) is 6.72. The monoisotopic (exact) mass is 370 g/mol. The molecule has 0 aliphatic carbocycles. The highest BCUT2D eigenvalue weighted by atomic mass is 19.1. The molecule has 2 aromatic carbocycles. The molecule has 2 aromatic rings. The third-order valence-corrected chi connectivity index (χ3v) is 4.13. The van der Waals surface area contributed by atoms with E-state index in [4.69, 9.17) is 0 Å². The van der Waals surface area contributed by atoms with Gasteiger partial charge in [0.25, 0.3) is 0 Å². The molecular formula is C22H27FN2O2. The summed E-state index contributed by atoms with van der Waals surface area (Å²) in [7, 11) is 0. The third kappa shape index (κ3) is 6.51. The zero-order chi connectivity index (χ0) is 20.0. The maximum absolute atomic E-state index is 13.2. The van der Waals surface area contributed by atoms with E-state index in [0.29, 0.717) is 0 Å². The molecule has 0 fully saturated rings. The molecule has 0 saturated carbocycles. The van der Waals surface area contributed by atoms with E-state index in [1.807, 2.05) is 51.1 Å². The summed E-state index contributed by atoms with van der Waals surface area (Å²) >= 11 is 0. The Bertz CT molecular complexity index is 767. The predicted molar refractivity (Wildman–Crippen MR) is 104 cm³/mol. The molecule has 1 unspecified atom stereocenters. The van der Waals surface area contributed by atoms with Gasteiger partial charge in [-0.2, -0.15) is 0 Å². The van der Waals surface area contributed by atoms with Gasteiger partial charge in [-0.25, -0.2) is 4.39 Å². The van der Waals surface area contributed by atoms with E-state index in [9.17, 15) is 14.0 Å². The molecule has 2 amide bonds. The van der Waals surface area contributed by atoms with Crippen LogP contribution in [-0.2, 0) is 22.6 Å². The molecule has 4 nitrogen and oxygen atoms in total. The second kappa shape index (κ2) is 8.80. The van der Waals surface area contributed by atoms with Crippen molar-refractivity contribution in [2.45, 2.75) is 52.2 Å². The van der Waals surface area contributed by atoms with Crippen LogP contribution in [0, 0.1) is 5.82 Å². The van der Waals surface area contributed by atoms with Gasteiger partial charge < -0.3 is 10.2 Å². The molecule has 144 valence electrons. The second-order valence-electron chi connectivity index (χ2n) is 7.73. The lowest BCUT2D eigenvalue weighted by Gasteiger charge is -2.31. The van der Waals surface area contributed by atoms with Gasteiger partial charge in [-0.1, -0.05) is 42.5 Å². The van der Waals surface area contributed by atoms with Gasteiger partial charge in [0.15, 0.2) is 0 Å². The Balaban J connectivity index is 2.22. The summed E-state index contributed by atoms with van der Waals surface area (Å²) in [4.78, 5) is 27.1. The Morgan fingerprint density at radius 1 is 1.00 bits per heavy atom. The SMILES string of the molecule is CC(C(=O)NC(C)(C)C)N(Cc1ccc(F)cc1)C(=O)Cc1ccccc1. The summed E-state index contributed by atoms with van der Waals surface area (Å²) in [5.74, 6) is -0.701. The standard InChI is InChI=1S/C22H27FN2O2/c1-16(21(27)24-22(2,3)4)25(15-18-10-12-19(23)13-11-18)20(26)14-17-8-6-5-7-9-17/h5-13,16H,14-15H2,1-4H3,(H,24,27). The second-order valence-corrected chi connectivity index (χ2v) is 7.73. The van der Waals surface area contributed by atoms with Crippen molar-refractivity contribution in [2.75, 3.05) is 0 Å². The number of carbonyl (C=O) groups excluding carboxylic acids is 2. The lowest BCUT2D eigenvalue weighted by Crippen LogP contribution is -2.52. The highest BCUT2D eigenvalue weighted by Gasteiger charge is 2.28. The normalized spacial score (nSPS) is 12.3. The fourth-order valence-electron chi connectivity index (χ4n) is 2.72. The zero-order valence-corrected chi connectivity index (χ0v) is 16.3. The van der Waals surface area contributed by atoms with E-state index in [2.05, 4.69) is 5.32 Å². The molecule has 0 aliphatic heterocycles. The van der Waals surface area contributed by atoms with Gasteiger partial charge in [0, 0.05) is 12.1 Å². The summed E-state index contributed by atoms with van der Waals surface area (Å²) in [6.07, 6.45) is 0.204. The Morgan fingerprint density at radius 3 is 2.15 bits per heavy atom. The minimum absolute atomic E-state index is 0.151. The van der Waals surface area contributed by atoms with Gasteiger partial charge in [0.2, 0.25) is 11.8 Å². The fourth-order valence-corrected chi connectivity index (χ4v) is 2.72. The number of rotatable bonds is 6. The topological polar surface area (TPSA) is 49.4 Å². The molecular weight excluding hydrogens is 343 g/mol. The summed E-state index contributed by atoms with van der Waals surface area (Å²) in [5.41, 5.74) is 1.26. The summed E-state index contributed by atoms with van der Waals surface area (Å²) in [5, 5.41) is 2.92. The molecule has 0 saturated heterocycles. The lowest BCUT2D eigenvalue weighted by molar-refractivity contribution is -0.140. The van der Waals surface area contributed by atoms with Gasteiger partial charge in [0.05, 0.1) is 6.42 Å². The predicted octanol–water partition coefficient (Wildman–Crippen LogP) is 3.70. The van der Waals surface area contributed by atoms with Crippen LogP contribution in [0.4, 0.5) is 4.39 Å². The molecule has 0 heterocycles. The number of halogens is 1. The molecule has 0 aromatic heterocycles. The summed E-state index contributed by atoms with van der Waals surface area (Å²) in [6, 6.07) is 14.7. The quantitative estimate of drug-likeness (QED) is 0.843. The van der Waals surface area contributed by atoms with E-state index in [-0.39, 0.29) is 30.6 Å². The van der Waals surface area contributed by atoms with Crippen LogP contribution in [0.1, 0.15) is 38.8 Å². The molecule has 27 heavy (non-hydrogen) atoms. The van der Waals surface area contributed by atoms with Gasteiger partial charge in [-0.15, -0.1) is 0 Å². The van der Waals surface area contributed by atoms with Crippen LogP contribution in [-0.4, -0.2) is 28.3 Å². The molecule has 2 rings (SSSR count). The molecule has 0 bridgehead atoms. The lowest BCUT2D eigenvalue weighted by atomic mass is 10.1. The number of amides is 2. The molecule has 1 N–H and O–H groups in total. The Morgan fingerprint density at radius 2 is 1.59 bits per heavy atom. The molecule has 0 radical (unpaired) electrons. The number of hydrogen-bond donors (Lipinski definition) is 1. The number of hydrogen-bond acceptors (Lipinski definition) is 2. The van der Waals surface area contributed by atoms with Crippen LogP contribution in [0.2, 0.25) is 0 Å². The summed E-state index contributed by atoms with van der Waals surface area (Å²) in [6.45, 7) is 7.65. The van der Waals surface area contributed by atoms with E-state index in [1.54, 1.807) is 24.0 Å².